The third kappa shape index (κ3) is 4.14. The molecular weight excluding hydrogens is 691 g/mol. The van der Waals surface area contributed by atoms with Crippen molar-refractivity contribution in [1.29, 1.82) is 0 Å². The lowest BCUT2D eigenvalue weighted by molar-refractivity contribution is 0.669. The average Bonchev–Trinajstić information content (AvgIpc) is 3.99. The van der Waals surface area contributed by atoms with Gasteiger partial charge in [-0.1, -0.05) is 158 Å². The van der Waals surface area contributed by atoms with E-state index in [-0.39, 0.29) is 17.4 Å². The Labute approximate surface area is 331 Å². The van der Waals surface area contributed by atoms with Crippen molar-refractivity contribution in [3.63, 3.8) is 0 Å². The number of hydrogen-bond acceptors (Lipinski definition) is 2. The predicted octanol–water partition coefficient (Wildman–Crippen LogP) is 14.0. The lowest BCUT2D eigenvalue weighted by atomic mass is 9.70. The number of furan rings is 1. The van der Waals surface area contributed by atoms with Crippen LogP contribution in [0.5, 0.6) is 0 Å². The van der Waals surface area contributed by atoms with Crippen LogP contribution in [-0.4, -0.2) is 6.04 Å². The zero-order chi connectivity index (χ0) is 37.2. The van der Waals surface area contributed by atoms with E-state index in [0.717, 1.165) is 27.5 Å². The second-order valence-corrected chi connectivity index (χ2v) is 15.9. The number of benzene rings is 8. The van der Waals surface area contributed by atoms with E-state index in [0.29, 0.717) is 0 Å². The Morgan fingerprint density at radius 3 is 1.79 bits per heavy atom. The van der Waals surface area contributed by atoms with Crippen LogP contribution in [0.2, 0.25) is 0 Å². The van der Waals surface area contributed by atoms with Gasteiger partial charge in [-0.15, -0.1) is 0 Å². The fourth-order valence-electron chi connectivity index (χ4n) is 10.8. The Morgan fingerprint density at radius 2 is 1.04 bits per heavy atom. The minimum Gasteiger partial charge on any atom is -0.456 e. The van der Waals surface area contributed by atoms with Gasteiger partial charge in [0.2, 0.25) is 0 Å². The van der Waals surface area contributed by atoms with E-state index in [1.807, 2.05) is 6.07 Å². The van der Waals surface area contributed by atoms with Gasteiger partial charge in [-0.2, -0.15) is 0 Å². The number of fused-ring (bicyclic) bond motifs is 16. The molecule has 0 fully saturated rings. The molecule has 1 aromatic heterocycles. The van der Waals surface area contributed by atoms with E-state index in [1.165, 1.54) is 78.1 Å². The molecule has 0 bridgehead atoms. The van der Waals surface area contributed by atoms with E-state index in [4.69, 9.17) is 4.42 Å². The summed E-state index contributed by atoms with van der Waals surface area (Å²) in [6.45, 7) is 0. The molecule has 4 aliphatic rings. The summed E-state index contributed by atoms with van der Waals surface area (Å²) < 4.78 is 6.40. The van der Waals surface area contributed by atoms with Crippen molar-refractivity contribution < 1.29 is 4.42 Å². The molecule has 2 atom stereocenters. The van der Waals surface area contributed by atoms with Crippen LogP contribution in [0.25, 0.3) is 66.4 Å². The summed E-state index contributed by atoms with van der Waals surface area (Å²) in [5, 5.41) is 2.29. The zero-order valence-corrected chi connectivity index (χ0v) is 31.1. The van der Waals surface area contributed by atoms with Crippen LogP contribution in [0, 0.1) is 0 Å². The second kappa shape index (κ2) is 11.4. The first kappa shape index (κ1) is 31.1. The highest BCUT2D eigenvalue weighted by molar-refractivity contribution is 6.06. The Bertz CT molecular complexity index is 3170. The van der Waals surface area contributed by atoms with Crippen LogP contribution in [0.4, 0.5) is 11.4 Å². The van der Waals surface area contributed by atoms with Crippen molar-refractivity contribution in [2.24, 2.45) is 0 Å². The van der Waals surface area contributed by atoms with Crippen molar-refractivity contribution >= 4 is 33.3 Å². The highest BCUT2D eigenvalue weighted by Gasteiger charge is 2.53. The number of allylic oxidation sites excluding steroid dienone is 2. The Balaban J connectivity index is 1.05. The Kier molecular flexibility index (Phi) is 6.24. The van der Waals surface area contributed by atoms with Gasteiger partial charge in [0, 0.05) is 28.1 Å². The van der Waals surface area contributed by atoms with E-state index < -0.39 is 0 Å². The van der Waals surface area contributed by atoms with E-state index >= 15 is 0 Å². The van der Waals surface area contributed by atoms with Gasteiger partial charge in [0.05, 0.1) is 11.5 Å². The van der Waals surface area contributed by atoms with Crippen molar-refractivity contribution in [2.75, 3.05) is 4.90 Å². The standard InChI is InChI=1S/C55H35NO/c1-2-14-34(15-3-1)36-28-37(35-26-27-44-43-20-8-13-25-53(43)57-54(44)31-35)30-38(29-36)56-51-24-12-7-19-42(51)46-32-50-45(33-52(46)56)41-18-6-11-23-49(41)55(50)47-21-9-4-16-39(47)40-17-5-10-22-48(40)55/h1-33,42,51H. The fraction of sp³-hybridized carbons (Fsp3) is 0.0545. The average molecular weight is 726 g/mol. The summed E-state index contributed by atoms with van der Waals surface area (Å²) >= 11 is 0. The predicted molar refractivity (Wildman–Crippen MR) is 234 cm³/mol. The maximum Gasteiger partial charge on any atom is 0.136 e. The molecule has 13 rings (SSSR count). The Hall–Kier alpha value is -7.16. The molecule has 2 unspecified atom stereocenters. The first-order chi connectivity index (χ1) is 28.3. The smallest absolute Gasteiger partial charge is 0.136 e. The first-order valence-corrected chi connectivity index (χ1v) is 20.0. The molecule has 0 radical (unpaired) electrons. The number of anilines is 2. The molecule has 2 nitrogen and oxygen atoms in total. The van der Waals surface area contributed by atoms with Gasteiger partial charge < -0.3 is 9.32 Å². The molecular formula is C55H35NO. The number of rotatable bonds is 3. The van der Waals surface area contributed by atoms with Crippen LogP contribution < -0.4 is 4.90 Å². The van der Waals surface area contributed by atoms with Crippen LogP contribution >= 0.6 is 0 Å². The number of para-hydroxylation sites is 1. The first-order valence-electron chi connectivity index (χ1n) is 20.0. The molecule has 1 aliphatic heterocycles. The molecule has 2 heteroatoms. The minimum atomic E-state index is -0.374. The van der Waals surface area contributed by atoms with Crippen molar-refractivity contribution in [3.8, 4) is 44.5 Å². The molecule has 0 saturated heterocycles. The maximum atomic E-state index is 6.40. The maximum absolute atomic E-state index is 6.40. The summed E-state index contributed by atoms with van der Waals surface area (Å²) in [6, 6.07) is 65.5. The van der Waals surface area contributed by atoms with Gasteiger partial charge in [0.25, 0.3) is 0 Å². The molecule has 1 spiro atoms. The molecule has 2 heterocycles. The van der Waals surface area contributed by atoms with E-state index in [1.54, 1.807) is 0 Å². The monoisotopic (exact) mass is 725 g/mol. The van der Waals surface area contributed by atoms with Crippen LogP contribution in [0.15, 0.2) is 205 Å². The highest BCUT2D eigenvalue weighted by atomic mass is 16.3. The molecule has 9 aromatic rings. The summed E-state index contributed by atoms with van der Waals surface area (Å²) in [7, 11) is 0. The third-order valence-electron chi connectivity index (χ3n) is 13.2. The van der Waals surface area contributed by atoms with E-state index in [9.17, 15) is 0 Å². The normalized spacial score (nSPS) is 17.4. The lowest BCUT2D eigenvalue weighted by Gasteiger charge is -2.31. The van der Waals surface area contributed by atoms with Crippen LogP contribution in [0.3, 0.4) is 0 Å². The second-order valence-electron chi connectivity index (χ2n) is 15.9. The van der Waals surface area contributed by atoms with Gasteiger partial charge in [-0.25, -0.2) is 0 Å². The van der Waals surface area contributed by atoms with Gasteiger partial charge in [-0.05, 0) is 115 Å². The van der Waals surface area contributed by atoms with Crippen molar-refractivity contribution in [1.82, 2.24) is 0 Å². The minimum absolute atomic E-state index is 0.138. The zero-order valence-electron chi connectivity index (χ0n) is 31.1. The van der Waals surface area contributed by atoms with Crippen LogP contribution in [0.1, 0.15) is 33.7 Å². The van der Waals surface area contributed by atoms with Gasteiger partial charge in [-0.3, -0.25) is 0 Å². The van der Waals surface area contributed by atoms with Gasteiger partial charge in [0.1, 0.15) is 11.2 Å². The van der Waals surface area contributed by atoms with Crippen LogP contribution in [-0.2, 0) is 5.41 Å². The van der Waals surface area contributed by atoms with E-state index in [2.05, 4.69) is 199 Å². The Morgan fingerprint density at radius 1 is 0.421 bits per heavy atom. The van der Waals surface area contributed by atoms with Crippen molar-refractivity contribution in [2.45, 2.75) is 17.4 Å². The highest BCUT2D eigenvalue weighted by Crippen LogP contribution is 2.64. The molecule has 0 N–H and O–H groups in total. The quantitative estimate of drug-likeness (QED) is 0.180. The number of hydrogen-bond donors (Lipinski definition) is 0. The topological polar surface area (TPSA) is 16.4 Å². The molecule has 8 aromatic carbocycles. The molecule has 3 aliphatic carbocycles. The van der Waals surface area contributed by atoms with Gasteiger partial charge in [0.15, 0.2) is 0 Å². The third-order valence-corrected chi connectivity index (χ3v) is 13.2. The summed E-state index contributed by atoms with van der Waals surface area (Å²) in [5.41, 5.74) is 20.8. The lowest BCUT2D eigenvalue weighted by Crippen LogP contribution is -2.28. The van der Waals surface area contributed by atoms with Gasteiger partial charge >= 0.3 is 0 Å². The number of nitrogens with zero attached hydrogens (tertiary/aromatic N) is 1. The molecule has 0 saturated carbocycles. The summed E-state index contributed by atoms with van der Waals surface area (Å²) in [6.07, 6.45) is 9.28. The molecule has 0 amide bonds. The fourth-order valence-corrected chi connectivity index (χ4v) is 10.8. The molecule has 266 valence electrons. The summed E-state index contributed by atoms with van der Waals surface area (Å²) in [5.74, 6) is 0.207. The van der Waals surface area contributed by atoms with Crippen molar-refractivity contribution in [3.05, 3.63) is 228 Å². The summed E-state index contributed by atoms with van der Waals surface area (Å²) in [4.78, 5) is 2.61. The largest absolute Gasteiger partial charge is 0.456 e. The SMILES string of the molecule is C1=CC2c3cc4c(cc3N(c3cc(-c5ccccc5)cc(-c5ccc6c(c5)oc5ccccc56)c3)C2C=C1)-c1ccccc1C41c2ccccc2-c2ccccc21. The molecule has 57 heavy (non-hydrogen) atoms.